The molecule has 76 valence electrons. The van der Waals surface area contributed by atoms with Gasteiger partial charge in [-0.05, 0) is 6.42 Å². The summed E-state index contributed by atoms with van der Waals surface area (Å²) in [5, 5.41) is 8.32. The molecule has 5 heteroatoms. The fourth-order valence-electron chi connectivity index (χ4n) is 0.696. The Hall–Kier alpha value is -1.10. The summed E-state index contributed by atoms with van der Waals surface area (Å²) in [6.07, 6.45) is 1.30. The van der Waals surface area contributed by atoms with E-state index in [1.165, 1.54) is 0 Å². The van der Waals surface area contributed by atoms with Gasteiger partial charge in [0.2, 0.25) is 0 Å². The monoisotopic (exact) mass is 189 g/mol. The first-order chi connectivity index (χ1) is 6.07. The van der Waals surface area contributed by atoms with E-state index in [0.29, 0.717) is 6.61 Å². The molecule has 5 nitrogen and oxygen atoms in total. The van der Waals surface area contributed by atoms with Gasteiger partial charge in [-0.25, -0.2) is 0 Å². The van der Waals surface area contributed by atoms with E-state index in [1.54, 1.807) is 0 Å². The number of hydrogen-bond acceptors (Lipinski definition) is 4. The highest BCUT2D eigenvalue weighted by Gasteiger charge is 2.17. The molecule has 0 aliphatic rings. The molecule has 0 rings (SSSR count). The number of carbonyl (C=O) groups excluding carboxylic acids is 1. The van der Waals surface area contributed by atoms with Gasteiger partial charge in [0.1, 0.15) is 6.04 Å². The van der Waals surface area contributed by atoms with Crippen LogP contribution in [0.4, 0.5) is 0 Å². The molecule has 0 aromatic rings. The summed E-state index contributed by atoms with van der Waals surface area (Å²) >= 11 is 0. The van der Waals surface area contributed by atoms with Crippen LogP contribution in [-0.4, -0.2) is 29.7 Å². The Morgan fingerprint density at radius 2 is 2.15 bits per heavy atom. The number of ether oxygens (including phenoxy) is 1. The van der Waals surface area contributed by atoms with Crippen LogP contribution in [0.3, 0.4) is 0 Å². The third-order valence-corrected chi connectivity index (χ3v) is 1.44. The molecule has 13 heavy (non-hydrogen) atoms. The van der Waals surface area contributed by atoms with Crippen molar-refractivity contribution in [1.82, 2.24) is 0 Å². The van der Waals surface area contributed by atoms with Crippen LogP contribution >= 0.6 is 0 Å². The first kappa shape index (κ1) is 11.9. The molecule has 0 aliphatic heterocycles. The van der Waals surface area contributed by atoms with Crippen LogP contribution in [0, 0.1) is 0 Å². The molecule has 0 spiro atoms. The molecule has 1 atom stereocenters. The molecule has 0 amide bonds. The number of nitrogens with two attached hydrogens (primary N) is 1. The van der Waals surface area contributed by atoms with Crippen molar-refractivity contribution < 1.29 is 19.4 Å². The van der Waals surface area contributed by atoms with Crippen molar-refractivity contribution in [2.45, 2.75) is 32.2 Å². The molecule has 1 unspecified atom stereocenters. The summed E-state index contributed by atoms with van der Waals surface area (Å²) in [5.41, 5.74) is 5.25. The zero-order valence-electron chi connectivity index (χ0n) is 7.66. The Morgan fingerprint density at radius 1 is 1.54 bits per heavy atom. The van der Waals surface area contributed by atoms with Crippen molar-refractivity contribution in [2.24, 2.45) is 5.73 Å². The SMILES string of the molecule is CCCCOC(=O)C(N)CC(=O)O. The summed E-state index contributed by atoms with van der Waals surface area (Å²) in [7, 11) is 0. The maximum Gasteiger partial charge on any atom is 0.323 e. The number of unbranched alkanes of at least 4 members (excludes halogenated alkanes) is 1. The molecule has 0 radical (unpaired) electrons. The van der Waals surface area contributed by atoms with Crippen molar-refractivity contribution >= 4 is 11.9 Å². The normalized spacial score (nSPS) is 12.2. The molecular formula is C8H15NO4. The fraction of sp³-hybridized carbons (Fsp3) is 0.750. The number of carboxylic acid groups (broad SMARTS) is 1. The second kappa shape index (κ2) is 6.42. The lowest BCUT2D eigenvalue weighted by Gasteiger charge is -2.08. The predicted octanol–water partition coefficient (Wildman–Crippen LogP) is 0.132. The minimum absolute atomic E-state index is 0.308. The third kappa shape index (κ3) is 6.10. The lowest BCUT2D eigenvalue weighted by molar-refractivity contribution is -0.149. The molecular weight excluding hydrogens is 174 g/mol. The van der Waals surface area contributed by atoms with Crippen LogP contribution in [0.2, 0.25) is 0 Å². The molecule has 0 aromatic carbocycles. The molecule has 0 heterocycles. The van der Waals surface area contributed by atoms with Crippen molar-refractivity contribution in [3.8, 4) is 0 Å². The minimum Gasteiger partial charge on any atom is -0.481 e. The minimum atomic E-state index is -1.10. The molecule has 3 N–H and O–H groups in total. The maximum absolute atomic E-state index is 10.9. The van der Waals surface area contributed by atoms with Crippen LogP contribution in [0.15, 0.2) is 0 Å². The van der Waals surface area contributed by atoms with E-state index >= 15 is 0 Å². The third-order valence-electron chi connectivity index (χ3n) is 1.44. The van der Waals surface area contributed by atoms with Crippen molar-refractivity contribution in [1.29, 1.82) is 0 Å². The largest absolute Gasteiger partial charge is 0.481 e. The highest BCUT2D eigenvalue weighted by molar-refractivity contribution is 5.81. The summed E-state index contributed by atoms with van der Waals surface area (Å²) in [5.74, 6) is -1.74. The van der Waals surface area contributed by atoms with Gasteiger partial charge in [-0.3, -0.25) is 9.59 Å². The average molecular weight is 189 g/mol. The van der Waals surface area contributed by atoms with Crippen molar-refractivity contribution in [2.75, 3.05) is 6.61 Å². The van der Waals surface area contributed by atoms with Gasteiger partial charge in [0.05, 0.1) is 13.0 Å². The number of aliphatic carboxylic acids is 1. The summed E-state index contributed by atoms with van der Waals surface area (Å²) in [4.78, 5) is 21.1. The Kier molecular flexibility index (Phi) is 5.88. The van der Waals surface area contributed by atoms with Crippen molar-refractivity contribution in [3.63, 3.8) is 0 Å². The number of esters is 1. The summed E-state index contributed by atoms with van der Waals surface area (Å²) in [6, 6.07) is -1.05. The number of carboxylic acids is 1. The standard InChI is InChI=1S/C8H15NO4/c1-2-3-4-13-8(12)6(9)5-7(10)11/h6H,2-5,9H2,1H3,(H,10,11). The number of rotatable bonds is 6. The quantitative estimate of drug-likeness (QED) is 0.458. The molecule has 0 aliphatic carbocycles. The van der Waals surface area contributed by atoms with E-state index < -0.39 is 18.0 Å². The van der Waals surface area contributed by atoms with E-state index in [0.717, 1.165) is 12.8 Å². The van der Waals surface area contributed by atoms with Crippen LogP contribution in [0.5, 0.6) is 0 Å². The Labute approximate surface area is 76.9 Å². The van der Waals surface area contributed by atoms with Crippen LogP contribution in [-0.2, 0) is 14.3 Å². The topological polar surface area (TPSA) is 89.6 Å². The van der Waals surface area contributed by atoms with Gasteiger partial charge in [-0.2, -0.15) is 0 Å². The summed E-state index contributed by atoms with van der Waals surface area (Å²) in [6.45, 7) is 2.27. The van der Waals surface area contributed by atoms with Crippen LogP contribution < -0.4 is 5.73 Å². The lowest BCUT2D eigenvalue weighted by Crippen LogP contribution is -2.34. The highest BCUT2D eigenvalue weighted by Crippen LogP contribution is 1.94. The second-order valence-electron chi connectivity index (χ2n) is 2.73. The maximum atomic E-state index is 10.9. The van der Waals surface area contributed by atoms with E-state index in [-0.39, 0.29) is 6.42 Å². The first-order valence-electron chi connectivity index (χ1n) is 4.22. The zero-order chi connectivity index (χ0) is 10.3. The van der Waals surface area contributed by atoms with Gasteiger partial charge in [0.15, 0.2) is 0 Å². The Morgan fingerprint density at radius 3 is 2.62 bits per heavy atom. The average Bonchev–Trinajstić information content (AvgIpc) is 2.03. The van der Waals surface area contributed by atoms with Gasteiger partial charge in [0.25, 0.3) is 0 Å². The fourth-order valence-corrected chi connectivity index (χ4v) is 0.696. The highest BCUT2D eigenvalue weighted by atomic mass is 16.5. The van der Waals surface area contributed by atoms with Crippen LogP contribution in [0.1, 0.15) is 26.2 Å². The summed E-state index contributed by atoms with van der Waals surface area (Å²) < 4.78 is 4.72. The molecule has 0 saturated heterocycles. The Bertz CT molecular complexity index is 181. The number of carbonyl (C=O) groups is 2. The van der Waals surface area contributed by atoms with Gasteiger partial charge in [-0.1, -0.05) is 13.3 Å². The van der Waals surface area contributed by atoms with Gasteiger partial charge >= 0.3 is 11.9 Å². The lowest BCUT2D eigenvalue weighted by atomic mass is 10.2. The smallest absolute Gasteiger partial charge is 0.323 e. The molecule has 0 saturated carbocycles. The van der Waals surface area contributed by atoms with Gasteiger partial charge in [-0.15, -0.1) is 0 Å². The van der Waals surface area contributed by atoms with Crippen molar-refractivity contribution in [3.05, 3.63) is 0 Å². The van der Waals surface area contributed by atoms with E-state index in [4.69, 9.17) is 15.6 Å². The van der Waals surface area contributed by atoms with E-state index in [2.05, 4.69) is 0 Å². The van der Waals surface area contributed by atoms with Gasteiger partial charge in [0, 0.05) is 0 Å². The molecule has 0 aromatic heterocycles. The zero-order valence-corrected chi connectivity index (χ0v) is 7.66. The van der Waals surface area contributed by atoms with E-state index in [1.807, 2.05) is 6.92 Å². The van der Waals surface area contributed by atoms with Crippen LogP contribution in [0.25, 0.3) is 0 Å². The van der Waals surface area contributed by atoms with Gasteiger partial charge < -0.3 is 15.6 Å². The predicted molar refractivity (Wildman–Crippen MR) is 46.1 cm³/mol. The first-order valence-corrected chi connectivity index (χ1v) is 4.22. The molecule has 0 bridgehead atoms. The Balaban J connectivity index is 3.63. The number of hydrogen-bond donors (Lipinski definition) is 2. The van der Waals surface area contributed by atoms with E-state index in [9.17, 15) is 9.59 Å². The second-order valence-corrected chi connectivity index (χ2v) is 2.73. The molecule has 0 fully saturated rings.